The Kier molecular flexibility index (Phi) is 5.31. The Balaban J connectivity index is 2.17. The van der Waals surface area contributed by atoms with E-state index in [2.05, 4.69) is 36.5 Å². The third-order valence-electron chi connectivity index (χ3n) is 3.63. The van der Waals surface area contributed by atoms with Crippen molar-refractivity contribution in [1.82, 2.24) is 5.32 Å². The molecule has 1 unspecified atom stereocenters. The van der Waals surface area contributed by atoms with Crippen LogP contribution in [0.15, 0.2) is 48.5 Å². The molecule has 0 bridgehead atoms. The Morgan fingerprint density at radius 3 is 2.50 bits per heavy atom. The molecule has 0 aliphatic carbocycles. The van der Waals surface area contributed by atoms with Crippen molar-refractivity contribution in [3.63, 3.8) is 0 Å². The molecule has 0 aliphatic heterocycles. The molecule has 0 amide bonds. The van der Waals surface area contributed by atoms with E-state index in [4.69, 9.17) is 0 Å². The summed E-state index contributed by atoms with van der Waals surface area (Å²) in [4.78, 5) is 0. The van der Waals surface area contributed by atoms with Gasteiger partial charge in [-0.1, -0.05) is 49.4 Å². The van der Waals surface area contributed by atoms with Gasteiger partial charge in [-0.15, -0.1) is 0 Å². The van der Waals surface area contributed by atoms with Gasteiger partial charge >= 0.3 is 0 Å². The van der Waals surface area contributed by atoms with Gasteiger partial charge in [0.15, 0.2) is 0 Å². The lowest BCUT2D eigenvalue weighted by Crippen LogP contribution is -2.22. The summed E-state index contributed by atoms with van der Waals surface area (Å²) < 4.78 is 13.7. The van der Waals surface area contributed by atoms with Gasteiger partial charge in [0.05, 0.1) is 0 Å². The fraction of sp³-hybridized carbons (Fsp3) is 0.333. The Morgan fingerprint density at radius 1 is 1.10 bits per heavy atom. The van der Waals surface area contributed by atoms with Gasteiger partial charge in [-0.3, -0.25) is 0 Å². The van der Waals surface area contributed by atoms with Crippen LogP contribution in [0.5, 0.6) is 0 Å². The summed E-state index contributed by atoms with van der Waals surface area (Å²) in [6.07, 6.45) is 0.855. The average molecular weight is 271 g/mol. The minimum atomic E-state index is -0.113. The van der Waals surface area contributed by atoms with E-state index in [-0.39, 0.29) is 5.82 Å². The number of aryl methyl sites for hydroxylation is 1. The summed E-state index contributed by atoms with van der Waals surface area (Å²) in [5, 5.41) is 3.40. The summed E-state index contributed by atoms with van der Waals surface area (Å²) >= 11 is 0. The van der Waals surface area contributed by atoms with Crippen LogP contribution in [0.4, 0.5) is 4.39 Å². The van der Waals surface area contributed by atoms with Gasteiger partial charge in [-0.25, -0.2) is 4.39 Å². The monoisotopic (exact) mass is 271 g/mol. The Hall–Kier alpha value is -1.67. The highest BCUT2D eigenvalue weighted by molar-refractivity contribution is 5.27. The maximum Gasteiger partial charge on any atom is 0.126 e. The number of likely N-dealkylation sites (N-methyl/N-ethyl adjacent to an activating group) is 1. The van der Waals surface area contributed by atoms with E-state index in [9.17, 15) is 4.39 Å². The largest absolute Gasteiger partial charge is 0.316 e. The van der Waals surface area contributed by atoms with Crippen LogP contribution in [0.3, 0.4) is 0 Å². The zero-order valence-electron chi connectivity index (χ0n) is 12.2. The first-order chi connectivity index (χ1) is 9.70. The van der Waals surface area contributed by atoms with Gasteiger partial charge < -0.3 is 5.32 Å². The van der Waals surface area contributed by atoms with E-state index in [1.807, 2.05) is 18.2 Å². The van der Waals surface area contributed by atoms with Crippen LogP contribution in [-0.2, 0) is 6.42 Å². The molecule has 20 heavy (non-hydrogen) atoms. The average Bonchev–Trinajstić information content (AvgIpc) is 2.48. The minimum absolute atomic E-state index is 0.113. The molecule has 0 aliphatic rings. The molecule has 0 radical (unpaired) electrons. The Morgan fingerprint density at radius 2 is 1.85 bits per heavy atom. The molecule has 0 spiro atoms. The second-order valence-corrected chi connectivity index (χ2v) is 5.20. The van der Waals surface area contributed by atoms with Gasteiger partial charge in [-0.05, 0) is 42.6 Å². The quantitative estimate of drug-likeness (QED) is 0.835. The Bertz CT molecular complexity index is 536. The number of hydrogen-bond acceptors (Lipinski definition) is 1. The van der Waals surface area contributed by atoms with Crippen LogP contribution in [0.1, 0.15) is 29.5 Å². The first-order valence-corrected chi connectivity index (χ1v) is 7.21. The normalized spacial score (nSPS) is 12.3. The van der Waals surface area contributed by atoms with E-state index in [1.165, 1.54) is 5.56 Å². The highest BCUT2D eigenvalue weighted by Gasteiger charge is 2.12. The van der Waals surface area contributed by atoms with E-state index >= 15 is 0 Å². The van der Waals surface area contributed by atoms with E-state index in [1.54, 1.807) is 13.0 Å². The van der Waals surface area contributed by atoms with Gasteiger partial charge in [0.25, 0.3) is 0 Å². The lowest BCUT2D eigenvalue weighted by Gasteiger charge is -2.18. The molecule has 0 aromatic heterocycles. The van der Waals surface area contributed by atoms with E-state index in [0.717, 1.165) is 25.1 Å². The van der Waals surface area contributed by atoms with Crippen LogP contribution in [-0.4, -0.2) is 13.1 Å². The lowest BCUT2D eigenvalue weighted by molar-refractivity contribution is 0.586. The highest BCUT2D eigenvalue weighted by Crippen LogP contribution is 2.21. The Labute approximate surface area is 120 Å². The van der Waals surface area contributed by atoms with Crippen molar-refractivity contribution in [3.05, 3.63) is 71.0 Å². The van der Waals surface area contributed by atoms with E-state index in [0.29, 0.717) is 11.5 Å². The summed E-state index contributed by atoms with van der Waals surface area (Å²) in [6.45, 7) is 5.77. The predicted octanol–water partition coefficient (Wildman–Crippen LogP) is 4.07. The number of hydrogen-bond donors (Lipinski definition) is 1. The molecular weight excluding hydrogens is 249 g/mol. The zero-order valence-corrected chi connectivity index (χ0v) is 12.2. The van der Waals surface area contributed by atoms with Crippen LogP contribution in [0.25, 0.3) is 0 Å². The van der Waals surface area contributed by atoms with Crippen molar-refractivity contribution >= 4 is 0 Å². The van der Waals surface area contributed by atoms with Crippen molar-refractivity contribution < 1.29 is 4.39 Å². The second kappa shape index (κ2) is 7.20. The summed E-state index contributed by atoms with van der Waals surface area (Å²) in [7, 11) is 0. The van der Waals surface area contributed by atoms with Crippen molar-refractivity contribution in [2.45, 2.75) is 26.2 Å². The number of benzene rings is 2. The maximum absolute atomic E-state index is 13.7. The smallest absolute Gasteiger partial charge is 0.126 e. The molecule has 2 rings (SSSR count). The van der Waals surface area contributed by atoms with Gasteiger partial charge in [0.1, 0.15) is 5.82 Å². The summed E-state index contributed by atoms with van der Waals surface area (Å²) in [6, 6.07) is 16.0. The molecule has 0 saturated carbocycles. The molecule has 0 saturated heterocycles. The van der Waals surface area contributed by atoms with Gasteiger partial charge in [-0.2, -0.15) is 0 Å². The van der Waals surface area contributed by atoms with Crippen LogP contribution >= 0.6 is 0 Å². The maximum atomic E-state index is 13.7. The fourth-order valence-electron chi connectivity index (χ4n) is 2.40. The zero-order chi connectivity index (χ0) is 14.4. The summed E-state index contributed by atoms with van der Waals surface area (Å²) in [5.41, 5.74) is 3.06. The molecule has 2 heteroatoms. The van der Waals surface area contributed by atoms with Gasteiger partial charge in [0, 0.05) is 12.5 Å². The molecule has 0 fully saturated rings. The van der Waals surface area contributed by atoms with Gasteiger partial charge in [0.2, 0.25) is 0 Å². The molecule has 1 nitrogen and oxygen atoms in total. The van der Waals surface area contributed by atoms with Crippen LogP contribution in [0.2, 0.25) is 0 Å². The van der Waals surface area contributed by atoms with E-state index < -0.39 is 0 Å². The van der Waals surface area contributed by atoms with Crippen molar-refractivity contribution in [2.75, 3.05) is 13.1 Å². The molecule has 2 aromatic carbocycles. The summed E-state index contributed by atoms with van der Waals surface area (Å²) in [5.74, 6) is 0.260. The molecule has 1 atom stereocenters. The van der Waals surface area contributed by atoms with Crippen molar-refractivity contribution in [2.24, 2.45) is 0 Å². The highest BCUT2D eigenvalue weighted by atomic mass is 19.1. The van der Waals surface area contributed by atoms with Crippen molar-refractivity contribution in [1.29, 1.82) is 0 Å². The third-order valence-corrected chi connectivity index (χ3v) is 3.63. The molecular formula is C18H22FN. The standard InChI is InChI=1S/C18H22FN/c1-3-20-13-17(16-7-5-4-6-8-16)11-15-10-9-14(2)18(19)12-15/h4-10,12,17,20H,3,11,13H2,1-2H3. The van der Waals surface area contributed by atoms with Crippen LogP contribution in [0, 0.1) is 12.7 Å². The third kappa shape index (κ3) is 3.91. The molecule has 2 aromatic rings. The number of halogens is 1. The van der Waals surface area contributed by atoms with Crippen LogP contribution < -0.4 is 5.32 Å². The predicted molar refractivity (Wildman–Crippen MR) is 82.6 cm³/mol. The fourth-order valence-corrected chi connectivity index (χ4v) is 2.40. The SMILES string of the molecule is CCNCC(Cc1ccc(C)c(F)c1)c1ccccc1. The minimum Gasteiger partial charge on any atom is -0.316 e. The molecule has 106 valence electrons. The first kappa shape index (κ1) is 14.7. The first-order valence-electron chi connectivity index (χ1n) is 7.21. The molecule has 1 N–H and O–H groups in total. The molecule has 0 heterocycles. The second-order valence-electron chi connectivity index (χ2n) is 5.20. The lowest BCUT2D eigenvalue weighted by atomic mass is 9.91. The van der Waals surface area contributed by atoms with Crippen molar-refractivity contribution in [3.8, 4) is 0 Å². The number of nitrogens with one attached hydrogen (secondary N) is 1. The topological polar surface area (TPSA) is 12.0 Å². The number of rotatable bonds is 6.